The fourth-order valence-corrected chi connectivity index (χ4v) is 5.07. The highest BCUT2D eigenvalue weighted by atomic mass is 16.5. The predicted octanol–water partition coefficient (Wildman–Crippen LogP) is 5.52. The van der Waals surface area contributed by atoms with E-state index in [4.69, 9.17) is 9.47 Å². The van der Waals surface area contributed by atoms with Gasteiger partial charge in [0.1, 0.15) is 11.5 Å². The summed E-state index contributed by atoms with van der Waals surface area (Å²) < 4.78 is 10.6. The Balaban J connectivity index is 1.28. The standard InChI is InChI=1S/C30H33N3O3/c1-35-24-12-8-22(9-13-24)30-27(26-6-3-4-7-28(26)31-30)16-17-29(34)33-19-5-18-32(20-21-33)23-10-14-25(36-2)15-11-23/h3-4,6-15,31H,5,16-21H2,1-2H3. The van der Waals surface area contributed by atoms with Crippen molar-refractivity contribution < 1.29 is 14.3 Å². The topological polar surface area (TPSA) is 57.8 Å². The monoisotopic (exact) mass is 483 g/mol. The van der Waals surface area contributed by atoms with Crippen molar-refractivity contribution in [2.24, 2.45) is 0 Å². The molecule has 1 fully saturated rings. The Labute approximate surface area is 212 Å². The minimum absolute atomic E-state index is 0.220. The lowest BCUT2D eigenvalue weighted by Crippen LogP contribution is -2.35. The average molecular weight is 484 g/mol. The molecule has 1 aliphatic rings. The van der Waals surface area contributed by atoms with E-state index < -0.39 is 0 Å². The average Bonchev–Trinajstić information content (AvgIpc) is 3.12. The number of aromatic nitrogens is 1. The number of hydrogen-bond donors (Lipinski definition) is 1. The number of carbonyl (C=O) groups is 1. The van der Waals surface area contributed by atoms with Gasteiger partial charge in [0.25, 0.3) is 0 Å². The van der Waals surface area contributed by atoms with E-state index >= 15 is 0 Å². The summed E-state index contributed by atoms with van der Waals surface area (Å²) in [5, 5.41) is 1.18. The first-order chi connectivity index (χ1) is 17.7. The molecule has 3 aromatic carbocycles. The van der Waals surface area contributed by atoms with Crippen molar-refractivity contribution in [3.63, 3.8) is 0 Å². The number of aryl methyl sites for hydroxylation is 1. The van der Waals surface area contributed by atoms with Crippen molar-refractivity contribution in [3.05, 3.63) is 78.4 Å². The first kappa shape index (κ1) is 23.8. The maximum Gasteiger partial charge on any atom is 0.222 e. The Morgan fingerprint density at radius 1 is 0.833 bits per heavy atom. The zero-order chi connectivity index (χ0) is 24.9. The fraction of sp³-hybridized carbons (Fsp3) is 0.300. The maximum absolute atomic E-state index is 13.3. The normalized spacial score (nSPS) is 14.1. The van der Waals surface area contributed by atoms with E-state index in [1.54, 1.807) is 14.2 Å². The van der Waals surface area contributed by atoms with Crippen molar-refractivity contribution in [2.75, 3.05) is 45.3 Å². The molecule has 6 nitrogen and oxygen atoms in total. The van der Waals surface area contributed by atoms with Crippen molar-refractivity contribution in [2.45, 2.75) is 19.3 Å². The summed E-state index contributed by atoms with van der Waals surface area (Å²) in [5.41, 5.74) is 5.63. The van der Waals surface area contributed by atoms with E-state index in [0.29, 0.717) is 12.8 Å². The number of hydrogen-bond acceptors (Lipinski definition) is 4. The Morgan fingerprint density at radius 3 is 2.25 bits per heavy atom. The Hall–Kier alpha value is -3.93. The van der Waals surface area contributed by atoms with E-state index in [-0.39, 0.29) is 5.91 Å². The summed E-state index contributed by atoms with van der Waals surface area (Å²) in [6.07, 6.45) is 2.15. The van der Waals surface area contributed by atoms with Crippen LogP contribution in [0.5, 0.6) is 11.5 Å². The minimum Gasteiger partial charge on any atom is -0.497 e. The molecule has 0 aliphatic carbocycles. The molecule has 1 saturated heterocycles. The lowest BCUT2D eigenvalue weighted by molar-refractivity contribution is -0.130. The van der Waals surface area contributed by atoms with Gasteiger partial charge in [-0.3, -0.25) is 4.79 Å². The van der Waals surface area contributed by atoms with E-state index in [9.17, 15) is 4.79 Å². The first-order valence-electron chi connectivity index (χ1n) is 12.6. The largest absolute Gasteiger partial charge is 0.497 e. The number of fused-ring (bicyclic) bond motifs is 1. The molecule has 0 radical (unpaired) electrons. The highest BCUT2D eigenvalue weighted by molar-refractivity contribution is 5.91. The number of carbonyl (C=O) groups excluding carboxylic acids is 1. The van der Waals surface area contributed by atoms with Gasteiger partial charge < -0.3 is 24.3 Å². The van der Waals surface area contributed by atoms with Crippen LogP contribution in [0.3, 0.4) is 0 Å². The van der Waals surface area contributed by atoms with Gasteiger partial charge in [-0.1, -0.05) is 18.2 Å². The lowest BCUT2D eigenvalue weighted by atomic mass is 10.0. The second kappa shape index (κ2) is 10.8. The van der Waals surface area contributed by atoms with Crippen LogP contribution >= 0.6 is 0 Å². The fourth-order valence-electron chi connectivity index (χ4n) is 5.07. The SMILES string of the molecule is COc1ccc(-c2[nH]c3ccccc3c2CCC(=O)N2CCCN(c3ccc(OC)cc3)CC2)cc1. The van der Waals surface area contributed by atoms with Crippen molar-refractivity contribution in [3.8, 4) is 22.8 Å². The van der Waals surface area contributed by atoms with Gasteiger partial charge in [0, 0.05) is 54.9 Å². The quantitative estimate of drug-likeness (QED) is 0.376. The molecule has 0 atom stereocenters. The van der Waals surface area contributed by atoms with Gasteiger partial charge >= 0.3 is 0 Å². The number of aromatic amines is 1. The zero-order valence-electron chi connectivity index (χ0n) is 21.0. The van der Waals surface area contributed by atoms with Crippen LogP contribution in [0.4, 0.5) is 5.69 Å². The third-order valence-corrected chi connectivity index (χ3v) is 7.07. The predicted molar refractivity (Wildman–Crippen MR) is 145 cm³/mol. The van der Waals surface area contributed by atoms with Crippen LogP contribution in [-0.4, -0.2) is 56.2 Å². The molecule has 2 heterocycles. The number of rotatable bonds is 7. The van der Waals surface area contributed by atoms with E-state index in [2.05, 4.69) is 52.3 Å². The van der Waals surface area contributed by atoms with Gasteiger partial charge in [0.15, 0.2) is 0 Å². The van der Waals surface area contributed by atoms with Gasteiger partial charge in [-0.05, 0) is 78.6 Å². The van der Waals surface area contributed by atoms with Gasteiger partial charge in [0.2, 0.25) is 5.91 Å². The van der Waals surface area contributed by atoms with Crippen molar-refractivity contribution in [1.82, 2.24) is 9.88 Å². The molecule has 5 rings (SSSR count). The molecule has 6 heteroatoms. The smallest absolute Gasteiger partial charge is 0.222 e. The number of ether oxygens (including phenoxy) is 2. The molecule has 0 bridgehead atoms. The summed E-state index contributed by atoms with van der Waals surface area (Å²) in [6.45, 7) is 3.32. The van der Waals surface area contributed by atoms with Gasteiger partial charge in [-0.25, -0.2) is 0 Å². The maximum atomic E-state index is 13.3. The molecule has 0 unspecified atom stereocenters. The molecule has 0 spiro atoms. The molecule has 1 N–H and O–H groups in total. The molecular weight excluding hydrogens is 450 g/mol. The number of anilines is 1. The molecule has 1 amide bonds. The summed E-state index contributed by atoms with van der Waals surface area (Å²) >= 11 is 0. The molecule has 1 aromatic heterocycles. The van der Waals surface area contributed by atoms with E-state index in [1.807, 2.05) is 35.2 Å². The molecule has 0 saturated carbocycles. The van der Waals surface area contributed by atoms with Crippen LogP contribution in [0.2, 0.25) is 0 Å². The summed E-state index contributed by atoms with van der Waals surface area (Å²) in [6, 6.07) is 24.6. The van der Waals surface area contributed by atoms with E-state index in [0.717, 1.165) is 60.9 Å². The number of nitrogens with one attached hydrogen (secondary N) is 1. The van der Waals surface area contributed by atoms with Crippen LogP contribution in [-0.2, 0) is 11.2 Å². The molecule has 1 aliphatic heterocycles. The Morgan fingerprint density at radius 2 is 1.53 bits per heavy atom. The van der Waals surface area contributed by atoms with Crippen LogP contribution in [0.1, 0.15) is 18.4 Å². The third kappa shape index (κ3) is 5.03. The molecule has 186 valence electrons. The number of benzene rings is 3. The van der Waals surface area contributed by atoms with Gasteiger partial charge in [-0.2, -0.15) is 0 Å². The number of para-hydroxylation sites is 1. The Kier molecular flexibility index (Phi) is 7.12. The summed E-state index contributed by atoms with van der Waals surface area (Å²) in [5.74, 6) is 1.91. The van der Waals surface area contributed by atoms with Crippen LogP contribution in [0, 0.1) is 0 Å². The summed E-state index contributed by atoms with van der Waals surface area (Å²) in [7, 11) is 3.36. The highest BCUT2D eigenvalue weighted by Gasteiger charge is 2.21. The van der Waals surface area contributed by atoms with Gasteiger partial charge in [-0.15, -0.1) is 0 Å². The Bertz CT molecular complexity index is 1310. The van der Waals surface area contributed by atoms with Gasteiger partial charge in [0.05, 0.1) is 14.2 Å². The van der Waals surface area contributed by atoms with Crippen LogP contribution < -0.4 is 14.4 Å². The first-order valence-corrected chi connectivity index (χ1v) is 12.6. The van der Waals surface area contributed by atoms with Crippen LogP contribution in [0.25, 0.3) is 22.2 Å². The van der Waals surface area contributed by atoms with Crippen molar-refractivity contribution in [1.29, 1.82) is 0 Å². The number of amides is 1. The van der Waals surface area contributed by atoms with Crippen molar-refractivity contribution >= 4 is 22.5 Å². The number of methoxy groups -OCH3 is 2. The second-order valence-corrected chi connectivity index (χ2v) is 9.17. The third-order valence-electron chi connectivity index (χ3n) is 7.07. The number of H-pyrrole nitrogens is 1. The number of nitrogens with zero attached hydrogens (tertiary/aromatic N) is 2. The van der Waals surface area contributed by atoms with Crippen LogP contribution in [0.15, 0.2) is 72.8 Å². The zero-order valence-corrected chi connectivity index (χ0v) is 21.0. The van der Waals surface area contributed by atoms with E-state index in [1.165, 1.54) is 16.6 Å². The molecule has 4 aromatic rings. The molecule has 36 heavy (non-hydrogen) atoms. The highest BCUT2D eigenvalue weighted by Crippen LogP contribution is 2.32. The molecular formula is C30H33N3O3. The summed E-state index contributed by atoms with van der Waals surface area (Å²) in [4.78, 5) is 21.3. The second-order valence-electron chi connectivity index (χ2n) is 9.17. The minimum atomic E-state index is 0.220. The lowest BCUT2D eigenvalue weighted by Gasteiger charge is -2.24.